The third-order valence-electron chi connectivity index (χ3n) is 6.93. The summed E-state index contributed by atoms with van der Waals surface area (Å²) >= 11 is 0. The van der Waals surface area contributed by atoms with Gasteiger partial charge in [-0.3, -0.25) is 9.38 Å². The molecule has 0 amide bonds. The third kappa shape index (κ3) is 1.88. The standard InChI is InChI=1S/C27H16N4/c1-2-5-18-15(4-1)10-16-12-22-17(11-21(16)18)13-24-25(22)31-26-20(6-3-8-29-26)19-7-9-28-14-23(19)27(31)30-24/h1-9,11-12,14H,10,13H2. The molecule has 0 saturated heterocycles. The van der Waals surface area contributed by atoms with Crippen molar-refractivity contribution in [3.8, 4) is 22.4 Å². The first-order valence-corrected chi connectivity index (χ1v) is 10.6. The molecule has 6 aromatic rings. The molecule has 0 aliphatic heterocycles. The summed E-state index contributed by atoms with van der Waals surface area (Å²) in [5.41, 5.74) is 12.5. The van der Waals surface area contributed by atoms with E-state index in [-0.39, 0.29) is 0 Å². The van der Waals surface area contributed by atoms with Gasteiger partial charge in [0.2, 0.25) is 0 Å². The molecule has 4 aromatic heterocycles. The van der Waals surface area contributed by atoms with Gasteiger partial charge < -0.3 is 0 Å². The van der Waals surface area contributed by atoms with Gasteiger partial charge in [0, 0.05) is 41.3 Å². The van der Waals surface area contributed by atoms with Crippen molar-refractivity contribution in [3.05, 3.63) is 95.6 Å². The van der Waals surface area contributed by atoms with Crippen LogP contribution in [-0.4, -0.2) is 19.4 Å². The maximum absolute atomic E-state index is 5.12. The smallest absolute Gasteiger partial charge is 0.148 e. The Kier molecular flexibility index (Phi) is 2.72. The molecular formula is C27H16N4. The quantitative estimate of drug-likeness (QED) is 0.315. The molecule has 0 fully saturated rings. The second kappa shape index (κ2) is 5.35. The van der Waals surface area contributed by atoms with Crippen LogP contribution in [0.15, 0.2) is 73.2 Å². The Bertz CT molecular complexity index is 1740. The predicted molar refractivity (Wildman–Crippen MR) is 122 cm³/mol. The Hall–Kier alpha value is -4.05. The second-order valence-corrected chi connectivity index (χ2v) is 8.54. The minimum absolute atomic E-state index is 0.859. The molecule has 2 aliphatic carbocycles. The number of aromatic nitrogens is 4. The van der Waals surface area contributed by atoms with E-state index in [0.29, 0.717) is 0 Å². The Morgan fingerprint density at radius 2 is 1.58 bits per heavy atom. The number of rotatable bonds is 0. The molecule has 31 heavy (non-hydrogen) atoms. The van der Waals surface area contributed by atoms with Crippen molar-refractivity contribution >= 4 is 27.5 Å². The van der Waals surface area contributed by atoms with Crippen molar-refractivity contribution in [1.29, 1.82) is 0 Å². The van der Waals surface area contributed by atoms with E-state index >= 15 is 0 Å². The van der Waals surface area contributed by atoms with E-state index in [0.717, 1.165) is 46.0 Å². The topological polar surface area (TPSA) is 43.1 Å². The first kappa shape index (κ1) is 15.7. The molecule has 0 N–H and O–H groups in total. The van der Waals surface area contributed by atoms with Crippen molar-refractivity contribution in [3.63, 3.8) is 0 Å². The zero-order chi connectivity index (χ0) is 20.1. The van der Waals surface area contributed by atoms with Crippen molar-refractivity contribution < 1.29 is 0 Å². The van der Waals surface area contributed by atoms with Crippen LogP contribution in [0.2, 0.25) is 0 Å². The van der Waals surface area contributed by atoms with Crippen LogP contribution in [0.1, 0.15) is 22.4 Å². The molecule has 0 atom stereocenters. The van der Waals surface area contributed by atoms with E-state index in [1.807, 2.05) is 24.7 Å². The molecule has 144 valence electrons. The van der Waals surface area contributed by atoms with E-state index in [1.165, 1.54) is 39.1 Å². The monoisotopic (exact) mass is 396 g/mol. The molecule has 0 spiro atoms. The summed E-state index contributed by atoms with van der Waals surface area (Å²) in [6.45, 7) is 0. The first-order valence-electron chi connectivity index (χ1n) is 10.6. The highest BCUT2D eigenvalue weighted by Gasteiger charge is 2.30. The number of hydrogen-bond acceptors (Lipinski definition) is 3. The summed E-state index contributed by atoms with van der Waals surface area (Å²) in [6, 6.07) is 19.8. The Balaban J connectivity index is 1.49. The molecule has 0 bridgehead atoms. The normalized spacial score (nSPS) is 13.5. The largest absolute Gasteiger partial charge is 0.275 e. The van der Waals surface area contributed by atoms with Gasteiger partial charge in [-0.15, -0.1) is 0 Å². The predicted octanol–water partition coefficient (Wildman–Crippen LogP) is 5.57. The molecular weight excluding hydrogens is 380 g/mol. The van der Waals surface area contributed by atoms with Crippen molar-refractivity contribution in [1.82, 2.24) is 19.4 Å². The minimum atomic E-state index is 0.859. The highest BCUT2D eigenvalue weighted by atomic mass is 15.1. The lowest BCUT2D eigenvalue weighted by atomic mass is 9.99. The number of fused-ring (bicyclic) bond motifs is 13. The Morgan fingerprint density at radius 3 is 2.58 bits per heavy atom. The molecule has 2 aromatic carbocycles. The van der Waals surface area contributed by atoms with E-state index in [4.69, 9.17) is 9.97 Å². The fourth-order valence-electron chi connectivity index (χ4n) is 5.62. The zero-order valence-corrected chi connectivity index (χ0v) is 16.6. The van der Waals surface area contributed by atoms with Crippen molar-refractivity contribution in [2.45, 2.75) is 12.8 Å². The van der Waals surface area contributed by atoms with Crippen LogP contribution >= 0.6 is 0 Å². The number of imidazole rings is 1. The van der Waals surface area contributed by atoms with Gasteiger partial charge >= 0.3 is 0 Å². The van der Waals surface area contributed by atoms with Crippen LogP contribution in [0.25, 0.3) is 49.8 Å². The molecule has 8 rings (SSSR count). The van der Waals surface area contributed by atoms with Gasteiger partial charge in [-0.05, 0) is 70.0 Å². The summed E-state index contributed by atoms with van der Waals surface area (Å²) in [6.07, 6.45) is 7.50. The first-order chi connectivity index (χ1) is 15.4. The van der Waals surface area contributed by atoms with Gasteiger partial charge in [-0.2, -0.15) is 0 Å². The van der Waals surface area contributed by atoms with E-state index in [9.17, 15) is 0 Å². The number of pyridine rings is 3. The molecule has 2 aliphatic rings. The van der Waals surface area contributed by atoms with Gasteiger partial charge in [0.05, 0.1) is 11.4 Å². The third-order valence-corrected chi connectivity index (χ3v) is 6.93. The summed E-state index contributed by atoms with van der Waals surface area (Å²) in [5.74, 6) is 0. The van der Waals surface area contributed by atoms with Gasteiger partial charge in [-0.25, -0.2) is 9.97 Å². The van der Waals surface area contributed by atoms with Gasteiger partial charge in [0.15, 0.2) is 0 Å². The summed E-state index contributed by atoms with van der Waals surface area (Å²) in [4.78, 5) is 14.3. The minimum Gasteiger partial charge on any atom is -0.275 e. The van der Waals surface area contributed by atoms with Crippen molar-refractivity contribution in [2.24, 2.45) is 0 Å². The maximum Gasteiger partial charge on any atom is 0.148 e. The van der Waals surface area contributed by atoms with E-state index in [2.05, 4.69) is 57.9 Å². The molecule has 0 radical (unpaired) electrons. The molecule has 0 saturated carbocycles. The Morgan fingerprint density at radius 1 is 0.677 bits per heavy atom. The fourth-order valence-corrected chi connectivity index (χ4v) is 5.62. The van der Waals surface area contributed by atoms with E-state index < -0.39 is 0 Å². The van der Waals surface area contributed by atoms with Gasteiger partial charge in [0.1, 0.15) is 11.3 Å². The lowest BCUT2D eigenvalue weighted by Crippen LogP contribution is -1.97. The summed E-state index contributed by atoms with van der Waals surface area (Å²) in [5, 5.41) is 3.36. The van der Waals surface area contributed by atoms with Gasteiger partial charge in [0.25, 0.3) is 0 Å². The molecule has 0 unspecified atom stereocenters. The SMILES string of the molecule is c1ccc2c(c1)Cc1cc3c(cc1-2)Cc1nc2c4cnccc4c4cccnc4n2c1-3. The van der Waals surface area contributed by atoms with E-state index in [1.54, 1.807) is 0 Å². The highest BCUT2D eigenvalue weighted by Crippen LogP contribution is 2.46. The molecule has 4 nitrogen and oxygen atoms in total. The van der Waals surface area contributed by atoms with Crippen LogP contribution in [0.5, 0.6) is 0 Å². The fraction of sp³-hybridized carbons (Fsp3) is 0.0741. The van der Waals surface area contributed by atoms with Crippen LogP contribution in [-0.2, 0) is 12.8 Å². The van der Waals surface area contributed by atoms with Gasteiger partial charge in [-0.1, -0.05) is 24.3 Å². The van der Waals surface area contributed by atoms with Crippen LogP contribution in [0.3, 0.4) is 0 Å². The number of hydrogen-bond donors (Lipinski definition) is 0. The second-order valence-electron chi connectivity index (χ2n) is 8.54. The molecule has 4 heterocycles. The van der Waals surface area contributed by atoms with Crippen LogP contribution in [0.4, 0.5) is 0 Å². The van der Waals surface area contributed by atoms with Crippen LogP contribution < -0.4 is 0 Å². The Labute approximate surface area is 177 Å². The lowest BCUT2D eigenvalue weighted by molar-refractivity contribution is 1.16. The number of nitrogens with zero attached hydrogens (tertiary/aromatic N) is 4. The average molecular weight is 396 g/mol. The number of benzene rings is 2. The maximum atomic E-state index is 5.12. The summed E-state index contributed by atoms with van der Waals surface area (Å²) in [7, 11) is 0. The van der Waals surface area contributed by atoms with Crippen LogP contribution in [0, 0.1) is 0 Å². The lowest BCUT2D eigenvalue weighted by Gasteiger charge is -2.11. The van der Waals surface area contributed by atoms with Crippen molar-refractivity contribution in [2.75, 3.05) is 0 Å². The molecule has 4 heteroatoms. The zero-order valence-electron chi connectivity index (χ0n) is 16.6. The average Bonchev–Trinajstić information content (AvgIpc) is 3.47. The summed E-state index contributed by atoms with van der Waals surface area (Å²) < 4.78 is 2.26. The highest BCUT2D eigenvalue weighted by molar-refractivity contribution is 6.11.